The van der Waals surface area contributed by atoms with Gasteiger partial charge in [0.25, 0.3) is 0 Å². The van der Waals surface area contributed by atoms with Crippen LogP contribution in [0, 0.1) is 0 Å². The minimum atomic E-state index is -0.487. The standard InChI is InChI=1S/C79H53N/c1-5-21-59(22-6-1)77-72-33-16-15-31-69(72)70-50-44-61(52-74(70)78(77)60-23-7-2-8-24-60)56-42-47-65(48-43-56)80(64-45-40-55(41-46-64)54-36-38-58(39-37-54)68-34-19-25-57-20-13-14-30-67(57)68)66-49-51-76-73(53-66)71-32-17-18-35-75(71)79(76,62-26-9-3-10-27-62)63-28-11-4-12-29-63/h1-53H. The van der Waals surface area contributed by atoms with Crippen molar-refractivity contribution >= 4 is 49.4 Å². The van der Waals surface area contributed by atoms with Crippen LogP contribution < -0.4 is 4.90 Å². The summed E-state index contributed by atoms with van der Waals surface area (Å²) in [5.41, 5.74) is 22.4. The van der Waals surface area contributed by atoms with Gasteiger partial charge in [-0.1, -0.05) is 279 Å². The van der Waals surface area contributed by atoms with Crippen molar-refractivity contribution in [3.63, 3.8) is 0 Å². The Kier molecular flexibility index (Phi) is 11.5. The highest BCUT2D eigenvalue weighted by Gasteiger charge is 2.46. The van der Waals surface area contributed by atoms with Crippen LogP contribution in [-0.2, 0) is 5.41 Å². The molecule has 0 fully saturated rings. The van der Waals surface area contributed by atoms with E-state index in [4.69, 9.17) is 0 Å². The number of rotatable bonds is 10. The molecule has 0 bridgehead atoms. The zero-order chi connectivity index (χ0) is 53.0. The van der Waals surface area contributed by atoms with Crippen LogP contribution in [0.3, 0.4) is 0 Å². The quantitative estimate of drug-likeness (QED) is 0.123. The lowest BCUT2D eigenvalue weighted by molar-refractivity contribution is 0.768. The summed E-state index contributed by atoms with van der Waals surface area (Å²) >= 11 is 0. The van der Waals surface area contributed by atoms with Crippen molar-refractivity contribution in [2.75, 3.05) is 4.90 Å². The molecule has 0 heterocycles. The summed E-state index contributed by atoms with van der Waals surface area (Å²) in [6.45, 7) is 0. The zero-order valence-corrected chi connectivity index (χ0v) is 44.0. The number of hydrogen-bond donors (Lipinski definition) is 0. The summed E-state index contributed by atoms with van der Waals surface area (Å²) in [7, 11) is 0. The minimum absolute atomic E-state index is 0.487. The van der Waals surface area contributed by atoms with E-state index in [1.807, 2.05) is 0 Å². The molecular weight excluding hydrogens is 963 g/mol. The first-order valence-corrected chi connectivity index (χ1v) is 27.7. The fourth-order valence-corrected chi connectivity index (χ4v) is 13.1. The molecular formula is C79H53N. The van der Waals surface area contributed by atoms with Crippen LogP contribution in [0.5, 0.6) is 0 Å². The first-order chi connectivity index (χ1) is 39.7. The largest absolute Gasteiger partial charge is 0.310 e. The Hall–Kier alpha value is -10.3. The second-order valence-electron chi connectivity index (χ2n) is 21.1. The molecule has 0 radical (unpaired) electrons. The molecule has 1 heteroatoms. The van der Waals surface area contributed by atoms with Gasteiger partial charge in [0.2, 0.25) is 0 Å². The van der Waals surface area contributed by atoms with E-state index in [2.05, 4.69) is 326 Å². The Bertz CT molecular complexity index is 4540. The Morgan fingerprint density at radius 1 is 0.212 bits per heavy atom. The maximum Gasteiger partial charge on any atom is 0.0713 e. The van der Waals surface area contributed by atoms with Gasteiger partial charge in [0, 0.05) is 17.1 Å². The van der Waals surface area contributed by atoms with Crippen molar-refractivity contribution in [3.8, 4) is 66.8 Å². The van der Waals surface area contributed by atoms with E-state index in [0.29, 0.717) is 0 Å². The lowest BCUT2D eigenvalue weighted by Gasteiger charge is -2.34. The van der Waals surface area contributed by atoms with Crippen molar-refractivity contribution in [1.29, 1.82) is 0 Å². The zero-order valence-electron chi connectivity index (χ0n) is 44.0. The summed E-state index contributed by atoms with van der Waals surface area (Å²) < 4.78 is 0. The molecule has 80 heavy (non-hydrogen) atoms. The molecule has 0 aromatic heterocycles. The van der Waals surface area contributed by atoms with Crippen LogP contribution in [-0.4, -0.2) is 0 Å². The molecule has 14 aromatic rings. The van der Waals surface area contributed by atoms with Gasteiger partial charge in [0.15, 0.2) is 0 Å². The van der Waals surface area contributed by atoms with Gasteiger partial charge >= 0.3 is 0 Å². The average molecular weight is 1020 g/mol. The highest BCUT2D eigenvalue weighted by Crippen LogP contribution is 2.57. The first kappa shape index (κ1) is 46.9. The summed E-state index contributed by atoms with van der Waals surface area (Å²) in [5.74, 6) is 0. The maximum atomic E-state index is 2.43. The van der Waals surface area contributed by atoms with Gasteiger partial charge < -0.3 is 4.90 Å². The molecule has 0 unspecified atom stereocenters. The van der Waals surface area contributed by atoms with Crippen LogP contribution in [0.25, 0.3) is 99.1 Å². The summed E-state index contributed by atoms with van der Waals surface area (Å²) in [4.78, 5) is 2.43. The Labute approximate surface area is 467 Å². The number of fused-ring (bicyclic) bond motifs is 7. The Morgan fingerprint density at radius 2 is 0.637 bits per heavy atom. The predicted molar refractivity (Wildman–Crippen MR) is 338 cm³/mol. The molecule has 1 nitrogen and oxygen atoms in total. The average Bonchev–Trinajstić information content (AvgIpc) is 4.05. The summed E-state index contributed by atoms with van der Waals surface area (Å²) in [6, 6.07) is 119. The number of hydrogen-bond acceptors (Lipinski definition) is 1. The second-order valence-corrected chi connectivity index (χ2v) is 21.1. The van der Waals surface area contributed by atoms with Gasteiger partial charge in [-0.2, -0.15) is 0 Å². The molecule has 0 atom stereocenters. The van der Waals surface area contributed by atoms with E-state index in [-0.39, 0.29) is 0 Å². The number of nitrogens with zero attached hydrogens (tertiary/aromatic N) is 1. The first-order valence-electron chi connectivity index (χ1n) is 27.7. The van der Waals surface area contributed by atoms with Gasteiger partial charge in [-0.15, -0.1) is 0 Å². The molecule has 14 aromatic carbocycles. The smallest absolute Gasteiger partial charge is 0.0713 e. The SMILES string of the molecule is c1ccc(-c2c(-c3ccccc3)c3cc(-c4ccc(N(c5ccc(-c6ccc(-c7cccc8ccccc78)cc6)cc5)c5ccc6c(c5)-c5ccccc5C6(c5ccccc5)c5ccccc5)cc4)ccc3c3ccccc23)cc1. The minimum Gasteiger partial charge on any atom is -0.310 e. The van der Waals surface area contributed by atoms with Crippen molar-refractivity contribution in [2.45, 2.75) is 5.41 Å². The fourth-order valence-electron chi connectivity index (χ4n) is 13.1. The van der Waals surface area contributed by atoms with Gasteiger partial charge in [-0.25, -0.2) is 0 Å². The third kappa shape index (κ3) is 7.77. The molecule has 0 saturated carbocycles. The number of anilines is 3. The van der Waals surface area contributed by atoms with E-state index < -0.39 is 5.41 Å². The lowest BCUT2D eigenvalue weighted by atomic mass is 9.68. The highest BCUT2D eigenvalue weighted by atomic mass is 15.1. The molecule has 0 amide bonds. The highest BCUT2D eigenvalue weighted by molar-refractivity contribution is 6.22. The van der Waals surface area contributed by atoms with E-state index in [1.165, 1.54) is 116 Å². The van der Waals surface area contributed by atoms with E-state index in [9.17, 15) is 0 Å². The van der Waals surface area contributed by atoms with E-state index in [1.54, 1.807) is 0 Å². The van der Waals surface area contributed by atoms with Crippen molar-refractivity contribution in [1.82, 2.24) is 0 Å². The molecule has 0 spiro atoms. The van der Waals surface area contributed by atoms with Crippen LogP contribution >= 0.6 is 0 Å². The van der Waals surface area contributed by atoms with Gasteiger partial charge in [0.1, 0.15) is 0 Å². The molecule has 0 N–H and O–H groups in total. The monoisotopic (exact) mass is 1020 g/mol. The molecule has 1 aliphatic carbocycles. The third-order valence-corrected chi connectivity index (χ3v) is 16.8. The van der Waals surface area contributed by atoms with Crippen LogP contribution in [0.4, 0.5) is 17.1 Å². The van der Waals surface area contributed by atoms with E-state index >= 15 is 0 Å². The van der Waals surface area contributed by atoms with Gasteiger partial charge in [0.05, 0.1) is 5.41 Å². The van der Waals surface area contributed by atoms with Crippen LogP contribution in [0.1, 0.15) is 22.3 Å². The molecule has 0 aliphatic heterocycles. The molecule has 15 rings (SSSR count). The van der Waals surface area contributed by atoms with Crippen molar-refractivity contribution in [2.24, 2.45) is 0 Å². The van der Waals surface area contributed by atoms with Crippen LogP contribution in [0.15, 0.2) is 322 Å². The number of benzene rings is 14. The van der Waals surface area contributed by atoms with E-state index in [0.717, 1.165) is 22.6 Å². The summed E-state index contributed by atoms with van der Waals surface area (Å²) in [6.07, 6.45) is 0. The Morgan fingerprint density at radius 3 is 1.27 bits per heavy atom. The van der Waals surface area contributed by atoms with Gasteiger partial charge in [-0.05, 0) is 164 Å². The molecule has 374 valence electrons. The van der Waals surface area contributed by atoms with Crippen molar-refractivity contribution in [3.05, 3.63) is 344 Å². The Balaban J connectivity index is 0.867. The third-order valence-electron chi connectivity index (χ3n) is 16.8. The molecule has 0 saturated heterocycles. The van der Waals surface area contributed by atoms with Crippen LogP contribution in [0.2, 0.25) is 0 Å². The normalized spacial score (nSPS) is 12.3. The topological polar surface area (TPSA) is 3.24 Å². The maximum absolute atomic E-state index is 2.43. The lowest BCUT2D eigenvalue weighted by Crippen LogP contribution is -2.28. The summed E-state index contributed by atoms with van der Waals surface area (Å²) in [5, 5.41) is 7.51. The fraction of sp³-hybridized carbons (Fsp3) is 0.0127. The van der Waals surface area contributed by atoms with Gasteiger partial charge in [-0.3, -0.25) is 0 Å². The second kappa shape index (κ2) is 19.6. The molecule has 1 aliphatic rings. The predicted octanol–water partition coefficient (Wildman–Crippen LogP) is 21.3. The van der Waals surface area contributed by atoms with Crippen molar-refractivity contribution < 1.29 is 0 Å².